The van der Waals surface area contributed by atoms with Gasteiger partial charge in [-0.25, -0.2) is 8.78 Å². The number of hydrogen-bond donors (Lipinski definition) is 0. The van der Waals surface area contributed by atoms with Crippen LogP contribution in [-0.4, -0.2) is 5.33 Å². The molecule has 19 heavy (non-hydrogen) atoms. The van der Waals surface area contributed by atoms with Crippen LogP contribution >= 0.6 is 31.9 Å². The zero-order valence-electron chi connectivity index (χ0n) is 10.0. The summed E-state index contributed by atoms with van der Waals surface area (Å²) in [7, 11) is 0. The Morgan fingerprint density at radius 1 is 1.00 bits per heavy atom. The molecule has 0 nitrogen and oxygen atoms in total. The number of hydrogen-bond acceptors (Lipinski definition) is 0. The maximum absolute atomic E-state index is 13.3. The molecule has 0 spiro atoms. The van der Waals surface area contributed by atoms with E-state index < -0.39 is 0 Å². The molecule has 0 saturated heterocycles. The molecule has 0 radical (unpaired) electrons. The molecule has 0 aliphatic carbocycles. The van der Waals surface area contributed by atoms with E-state index >= 15 is 0 Å². The van der Waals surface area contributed by atoms with Crippen molar-refractivity contribution in [3.05, 3.63) is 69.7 Å². The molecule has 2 aromatic rings. The van der Waals surface area contributed by atoms with E-state index in [1.54, 1.807) is 18.2 Å². The van der Waals surface area contributed by atoms with Crippen LogP contribution in [0.25, 0.3) is 0 Å². The van der Waals surface area contributed by atoms with Gasteiger partial charge in [0.2, 0.25) is 0 Å². The molecule has 0 bridgehead atoms. The second-order valence-electron chi connectivity index (χ2n) is 4.35. The average molecular weight is 390 g/mol. The first-order valence-corrected chi connectivity index (χ1v) is 7.77. The third kappa shape index (κ3) is 3.86. The molecular formula is C15H12Br2F2. The Labute approximate surface area is 128 Å². The van der Waals surface area contributed by atoms with Gasteiger partial charge in [0, 0.05) is 9.80 Å². The van der Waals surface area contributed by atoms with Crippen LogP contribution in [-0.2, 0) is 6.42 Å². The molecule has 0 aromatic heterocycles. The lowest BCUT2D eigenvalue weighted by Gasteiger charge is -2.16. The highest BCUT2D eigenvalue weighted by atomic mass is 79.9. The largest absolute Gasteiger partial charge is 0.207 e. The van der Waals surface area contributed by atoms with E-state index in [1.165, 1.54) is 18.2 Å². The Bertz CT molecular complexity index is 570. The molecule has 0 fully saturated rings. The van der Waals surface area contributed by atoms with Crippen LogP contribution in [0.1, 0.15) is 17.0 Å². The molecule has 100 valence electrons. The average Bonchev–Trinajstić information content (AvgIpc) is 2.38. The summed E-state index contributed by atoms with van der Waals surface area (Å²) >= 11 is 6.82. The summed E-state index contributed by atoms with van der Waals surface area (Å²) in [6, 6.07) is 11.2. The lowest BCUT2D eigenvalue weighted by Crippen LogP contribution is -2.05. The first-order chi connectivity index (χ1) is 9.10. The summed E-state index contributed by atoms with van der Waals surface area (Å²) in [6.45, 7) is 0. The second kappa shape index (κ2) is 6.62. The summed E-state index contributed by atoms with van der Waals surface area (Å²) in [5.74, 6) is -0.351. The normalized spacial score (nSPS) is 12.4. The van der Waals surface area contributed by atoms with Crippen molar-refractivity contribution < 1.29 is 8.78 Å². The number of benzene rings is 2. The maximum Gasteiger partial charge on any atom is 0.124 e. The molecular weight excluding hydrogens is 378 g/mol. The van der Waals surface area contributed by atoms with Crippen LogP contribution < -0.4 is 0 Å². The van der Waals surface area contributed by atoms with Gasteiger partial charge in [0.25, 0.3) is 0 Å². The number of alkyl halides is 1. The van der Waals surface area contributed by atoms with Crippen LogP contribution in [0.4, 0.5) is 8.78 Å². The van der Waals surface area contributed by atoms with Gasteiger partial charge in [-0.3, -0.25) is 0 Å². The van der Waals surface area contributed by atoms with Gasteiger partial charge < -0.3 is 0 Å². The van der Waals surface area contributed by atoms with Crippen molar-refractivity contribution in [2.24, 2.45) is 0 Å². The molecule has 2 aromatic carbocycles. The Morgan fingerprint density at radius 3 is 2.37 bits per heavy atom. The van der Waals surface area contributed by atoms with Crippen molar-refractivity contribution in [2.45, 2.75) is 12.3 Å². The molecule has 1 atom stereocenters. The fourth-order valence-corrected chi connectivity index (χ4v) is 3.09. The fraction of sp³-hybridized carbons (Fsp3) is 0.200. The summed E-state index contributed by atoms with van der Waals surface area (Å²) in [5, 5.41) is 0.722. The van der Waals surface area contributed by atoms with E-state index in [1.807, 2.05) is 6.07 Å². The maximum atomic E-state index is 13.3. The minimum atomic E-state index is -0.267. The minimum Gasteiger partial charge on any atom is -0.207 e. The summed E-state index contributed by atoms with van der Waals surface area (Å²) in [6.07, 6.45) is 0.718. The van der Waals surface area contributed by atoms with E-state index in [0.717, 1.165) is 27.4 Å². The molecule has 1 unspecified atom stereocenters. The van der Waals surface area contributed by atoms with Crippen molar-refractivity contribution in [1.82, 2.24) is 0 Å². The first-order valence-electron chi connectivity index (χ1n) is 5.85. The van der Waals surface area contributed by atoms with Gasteiger partial charge in [0.1, 0.15) is 11.6 Å². The fourth-order valence-electron chi connectivity index (χ4n) is 1.97. The molecule has 0 saturated carbocycles. The molecule has 0 aliphatic heterocycles. The highest BCUT2D eigenvalue weighted by molar-refractivity contribution is 9.10. The van der Waals surface area contributed by atoms with Gasteiger partial charge in [-0.2, -0.15) is 0 Å². The van der Waals surface area contributed by atoms with E-state index in [-0.39, 0.29) is 17.6 Å². The number of rotatable bonds is 4. The topological polar surface area (TPSA) is 0 Å². The second-order valence-corrected chi connectivity index (χ2v) is 5.85. The van der Waals surface area contributed by atoms with Crippen molar-refractivity contribution in [3.8, 4) is 0 Å². The highest BCUT2D eigenvalue weighted by Gasteiger charge is 2.14. The van der Waals surface area contributed by atoms with E-state index in [0.29, 0.717) is 0 Å². The van der Waals surface area contributed by atoms with Crippen molar-refractivity contribution in [1.29, 1.82) is 0 Å². The Hall–Kier alpha value is -0.740. The van der Waals surface area contributed by atoms with Crippen LogP contribution in [0, 0.1) is 11.6 Å². The summed E-state index contributed by atoms with van der Waals surface area (Å²) < 4.78 is 27.1. The predicted octanol–water partition coefficient (Wildman–Crippen LogP) is 5.45. The van der Waals surface area contributed by atoms with Gasteiger partial charge in [-0.1, -0.05) is 50.1 Å². The third-order valence-electron chi connectivity index (χ3n) is 2.99. The van der Waals surface area contributed by atoms with E-state index in [2.05, 4.69) is 31.9 Å². The van der Waals surface area contributed by atoms with Crippen LogP contribution in [0.5, 0.6) is 0 Å². The van der Waals surface area contributed by atoms with Gasteiger partial charge in [0.15, 0.2) is 0 Å². The Morgan fingerprint density at radius 2 is 1.74 bits per heavy atom. The zero-order chi connectivity index (χ0) is 13.8. The molecule has 2 rings (SSSR count). The first kappa shape index (κ1) is 14.7. The van der Waals surface area contributed by atoms with E-state index in [9.17, 15) is 8.78 Å². The Kier molecular flexibility index (Phi) is 5.11. The zero-order valence-corrected chi connectivity index (χ0v) is 13.2. The monoisotopic (exact) mass is 388 g/mol. The van der Waals surface area contributed by atoms with E-state index in [4.69, 9.17) is 0 Å². The molecule has 4 heteroatoms. The lowest BCUT2D eigenvalue weighted by molar-refractivity contribution is 0.620. The van der Waals surface area contributed by atoms with Crippen molar-refractivity contribution in [3.63, 3.8) is 0 Å². The molecule has 0 amide bonds. The highest BCUT2D eigenvalue weighted by Crippen LogP contribution is 2.27. The van der Waals surface area contributed by atoms with Crippen LogP contribution in [0.3, 0.4) is 0 Å². The van der Waals surface area contributed by atoms with Crippen LogP contribution in [0.15, 0.2) is 46.9 Å². The van der Waals surface area contributed by atoms with Gasteiger partial charge >= 0.3 is 0 Å². The quantitative estimate of drug-likeness (QED) is 0.610. The van der Waals surface area contributed by atoms with Crippen molar-refractivity contribution in [2.75, 3.05) is 5.33 Å². The minimum absolute atomic E-state index is 0.150. The smallest absolute Gasteiger partial charge is 0.124 e. The number of halogens is 4. The molecule has 0 N–H and O–H groups in total. The molecule has 0 heterocycles. The Balaban J connectivity index is 2.24. The summed E-state index contributed by atoms with van der Waals surface area (Å²) in [4.78, 5) is 0. The van der Waals surface area contributed by atoms with Crippen molar-refractivity contribution >= 4 is 31.9 Å². The lowest BCUT2D eigenvalue weighted by atomic mass is 9.93. The van der Waals surface area contributed by atoms with Gasteiger partial charge in [-0.15, -0.1) is 0 Å². The standard InChI is InChI=1S/C15H12Br2F2/c16-9-12(10-2-1-3-13(18)7-10)6-11-4-5-14(19)8-15(11)17/h1-5,7-8,12H,6,9H2. The third-order valence-corrected chi connectivity index (χ3v) is 4.51. The SMILES string of the molecule is Fc1cccc(C(CBr)Cc2ccc(F)cc2Br)c1. The van der Waals surface area contributed by atoms with Crippen LogP contribution in [0.2, 0.25) is 0 Å². The summed E-state index contributed by atoms with van der Waals surface area (Å²) in [5.41, 5.74) is 1.95. The van der Waals surface area contributed by atoms with Gasteiger partial charge in [0.05, 0.1) is 0 Å². The molecule has 0 aliphatic rings. The van der Waals surface area contributed by atoms with Gasteiger partial charge in [-0.05, 0) is 47.7 Å². The predicted molar refractivity (Wildman–Crippen MR) is 80.7 cm³/mol.